The van der Waals surface area contributed by atoms with E-state index in [0.717, 1.165) is 64.5 Å². The topological polar surface area (TPSA) is 75.4 Å². The Kier molecular flexibility index (Phi) is 4.64. The van der Waals surface area contributed by atoms with Gasteiger partial charge in [0.15, 0.2) is 0 Å². The Morgan fingerprint density at radius 1 is 1.00 bits per heavy atom. The molecule has 5 nitrogen and oxygen atoms in total. The van der Waals surface area contributed by atoms with Gasteiger partial charge in [-0.1, -0.05) is 31.4 Å². The number of likely N-dealkylation sites (tertiary alicyclic amines) is 1. The van der Waals surface area contributed by atoms with Crippen molar-refractivity contribution in [1.82, 2.24) is 10.2 Å². The van der Waals surface area contributed by atoms with Gasteiger partial charge in [-0.2, -0.15) is 0 Å². The van der Waals surface area contributed by atoms with Crippen molar-refractivity contribution in [3.63, 3.8) is 0 Å². The number of hydrogen-bond donors (Lipinski definition) is 2. The van der Waals surface area contributed by atoms with Gasteiger partial charge in [0.05, 0.1) is 0 Å². The predicted molar refractivity (Wildman–Crippen MR) is 89.8 cm³/mol. The molecule has 1 unspecified atom stereocenters. The maximum Gasteiger partial charge on any atom is 0.313 e. The van der Waals surface area contributed by atoms with Crippen LogP contribution in [0.1, 0.15) is 64.2 Å². The zero-order valence-corrected chi connectivity index (χ0v) is 14.0. The van der Waals surface area contributed by atoms with Gasteiger partial charge in [0.2, 0.25) is 5.91 Å². The molecule has 0 aromatic rings. The van der Waals surface area contributed by atoms with Crippen LogP contribution in [0.15, 0.2) is 12.2 Å². The van der Waals surface area contributed by atoms with Crippen LogP contribution in [0.25, 0.3) is 0 Å². The second kappa shape index (κ2) is 6.54. The first-order chi connectivity index (χ1) is 11.1. The fourth-order valence-corrected chi connectivity index (χ4v) is 4.78. The van der Waals surface area contributed by atoms with Gasteiger partial charge >= 0.3 is 6.03 Å². The molecule has 0 bridgehead atoms. The van der Waals surface area contributed by atoms with Crippen LogP contribution in [0.5, 0.6) is 0 Å². The van der Waals surface area contributed by atoms with Crippen LogP contribution in [0.2, 0.25) is 0 Å². The summed E-state index contributed by atoms with van der Waals surface area (Å²) in [6.07, 6.45) is 14.7. The van der Waals surface area contributed by atoms with Gasteiger partial charge < -0.3 is 16.0 Å². The highest BCUT2D eigenvalue weighted by Crippen LogP contribution is 2.42. The molecule has 1 heterocycles. The normalized spacial score (nSPS) is 30.2. The monoisotopic (exact) mass is 319 g/mol. The maximum absolute atomic E-state index is 13.3. The average Bonchev–Trinajstić information content (AvgIpc) is 2.55. The van der Waals surface area contributed by atoms with Crippen molar-refractivity contribution in [1.29, 1.82) is 0 Å². The fourth-order valence-electron chi connectivity index (χ4n) is 4.78. The van der Waals surface area contributed by atoms with E-state index < -0.39 is 11.6 Å². The van der Waals surface area contributed by atoms with Crippen LogP contribution in [-0.2, 0) is 4.79 Å². The molecule has 3 N–H and O–H groups in total. The van der Waals surface area contributed by atoms with Crippen LogP contribution in [0, 0.1) is 5.41 Å². The number of hydrogen-bond acceptors (Lipinski definition) is 2. The lowest BCUT2D eigenvalue weighted by Gasteiger charge is -2.47. The molecule has 1 saturated heterocycles. The summed E-state index contributed by atoms with van der Waals surface area (Å²) >= 11 is 0. The first-order valence-corrected chi connectivity index (χ1v) is 9.07. The van der Waals surface area contributed by atoms with Crippen LogP contribution in [0.3, 0.4) is 0 Å². The molecule has 128 valence electrons. The van der Waals surface area contributed by atoms with E-state index in [1.54, 1.807) is 0 Å². The van der Waals surface area contributed by atoms with Crippen molar-refractivity contribution in [2.75, 3.05) is 13.1 Å². The predicted octanol–water partition coefficient (Wildman–Crippen LogP) is 2.71. The maximum atomic E-state index is 13.3. The Balaban J connectivity index is 1.76. The zero-order valence-electron chi connectivity index (χ0n) is 14.0. The molecule has 5 heteroatoms. The van der Waals surface area contributed by atoms with E-state index in [2.05, 4.69) is 17.5 Å². The molecule has 0 aromatic heterocycles. The number of nitrogens with two attached hydrogens (primary N) is 1. The van der Waals surface area contributed by atoms with E-state index in [0.29, 0.717) is 0 Å². The fraction of sp³-hybridized carbons (Fsp3) is 0.778. The third-order valence-electron chi connectivity index (χ3n) is 5.99. The van der Waals surface area contributed by atoms with Gasteiger partial charge in [0.25, 0.3) is 0 Å². The van der Waals surface area contributed by atoms with Crippen LogP contribution < -0.4 is 11.1 Å². The lowest BCUT2D eigenvalue weighted by atomic mass is 9.71. The van der Waals surface area contributed by atoms with Crippen LogP contribution >= 0.6 is 0 Å². The van der Waals surface area contributed by atoms with Crippen molar-refractivity contribution in [3.05, 3.63) is 12.2 Å². The highest BCUT2D eigenvalue weighted by atomic mass is 16.2. The third-order valence-corrected chi connectivity index (χ3v) is 5.99. The molecule has 1 spiro atoms. The SMILES string of the molecule is NC(=O)NC1(C(=O)N2CCCC3(CC=CCC3)C2)CCCCC1. The van der Waals surface area contributed by atoms with Crippen molar-refractivity contribution in [2.24, 2.45) is 11.1 Å². The second-order valence-corrected chi connectivity index (χ2v) is 7.68. The van der Waals surface area contributed by atoms with E-state index in [-0.39, 0.29) is 11.3 Å². The standard InChI is InChI=1S/C18H29N3O2/c19-16(23)20-18(11-5-2-6-12-18)15(22)21-13-7-10-17(14-21)8-3-1-4-9-17/h1,3H,2,4-14H2,(H3,19,20,23). The minimum Gasteiger partial charge on any atom is -0.352 e. The Morgan fingerprint density at radius 2 is 1.78 bits per heavy atom. The quantitative estimate of drug-likeness (QED) is 0.768. The van der Waals surface area contributed by atoms with Gasteiger partial charge in [0, 0.05) is 13.1 Å². The zero-order chi connectivity index (χ0) is 16.3. The number of carbonyl (C=O) groups is 2. The van der Waals surface area contributed by atoms with Gasteiger partial charge in [-0.3, -0.25) is 4.79 Å². The lowest BCUT2D eigenvalue weighted by molar-refractivity contribution is -0.143. The van der Waals surface area contributed by atoms with E-state index in [1.165, 1.54) is 12.8 Å². The minimum absolute atomic E-state index is 0.102. The molecule has 3 rings (SSSR count). The first kappa shape index (κ1) is 16.3. The number of amides is 3. The highest BCUT2D eigenvalue weighted by Gasteiger charge is 2.46. The summed E-state index contributed by atoms with van der Waals surface area (Å²) in [7, 11) is 0. The minimum atomic E-state index is -0.757. The molecule has 3 aliphatic rings. The number of allylic oxidation sites excluding steroid dienone is 2. The van der Waals surface area contributed by atoms with Crippen molar-refractivity contribution in [2.45, 2.75) is 69.7 Å². The molecule has 3 amide bonds. The Labute approximate surface area is 138 Å². The smallest absolute Gasteiger partial charge is 0.313 e. The van der Waals surface area contributed by atoms with E-state index in [1.807, 2.05) is 4.90 Å². The Hall–Kier alpha value is -1.52. The lowest BCUT2D eigenvalue weighted by Crippen LogP contribution is -2.63. The summed E-state index contributed by atoms with van der Waals surface area (Å²) in [5, 5.41) is 2.82. The highest BCUT2D eigenvalue weighted by molar-refractivity contribution is 5.91. The van der Waals surface area contributed by atoms with E-state index in [4.69, 9.17) is 5.73 Å². The van der Waals surface area contributed by atoms with Gasteiger partial charge in [0.1, 0.15) is 5.54 Å². The number of carbonyl (C=O) groups excluding carboxylic acids is 2. The molecular weight excluding hydrogens is 290 g/mol. The van der Waals surface area contributed by atoms with Crippen molar-refractivity contribution < 1.29 is 9.59 Å². The summed E-state index contributed by atoms with van der Waals surface area (Å²) in [6.45, 7) is 1.64. The molecule has 2 aliphatic carbocycles. The molecule has 1 atom stereocenters. The molecular formula is C18H29N3O2. The number of urea groups is 1. The summed E-state index contributed by atoms with van der Waals surface area (Å²) in [5.74, 6) is 0.102. The number of nitrogens with one attached hydrogen (secondary N) is 1. The summed E-state index contributed by atoms with van der Waals surface area (Å²) in [4.78, 5) is 26.8. The van der Waals surface area contributed by atoms with Gasteiger partial charge in [-0.15, -0.1) is 0 Å². The number of piperidine rings is 1. The summed E-state index contributed by atoms with van der Waals surface area (Å²) in [5.41, 5.74) is 4.88. The van der Waals surface area contributed by atoms with E-state index >= 15 is 0 Å². The second-order valence-electron chi connectivity index (χ2n) is 7.68. The van der Waals surface area contributed by atoms with Crippen LogP contribution in [0.4, 0.5) is 4.79 Å². The van der Waals surface area contributed by atoms with Gasteiger partial charge in [-0.05, 0) is 50.4 Å². The summed E-state index contributed by atoms with van der Waals surface area (Å²) in [6, 6.07) is -0.576. The average molecular weight is 319 g/mol. The van der Waals surface area contributed by atoms with Gasteiger partial charge in [-0.25, -0.2) is 4.79 Å². The number of nitrogens with zero attached hydrogens (tertiary/aromatic N) is 1. The molecule has 1 aliphatic heterocycles. The number of rotatable bonds is 2. The molecule has 0 radical (unpaired) electrons. The summed E-state index contributed by atoms with van der Waals surface area (Å²) < 4.78 is 0. The molecule has 2 fully saturated rings. The van der Waals surface area contributed by atoms with E-state index in [9.17, 15) is 9.59 Å². The third kappa shape index (κ3) is 3.38. The first-order valence-electron chi connectivity index (χ1n) is 9.07. The van der Waals surface area contributed by atoms with Crippen LogP contribution in [-0.4, -0.2) is 35.5 Å². The molecule has 1 saturated carbocycles. The molecule has 23 heavy (non-hydrogen) atoms. The van der Waals surface area contributed by atoms with Crippen molar-refractivity contribution >= 4 is 11.9 Å². The Bertz CT molecular complexity index is 496. The Morgan fingerprint density at radius 3 is 2.43 bits per heavy atom. The molecule has 0 aromatic carbocycles. The largest absolute Gasteiger partial charge is 0.352 e. The van der Waals surface area contributed by atoms with Crippen molar-refractivity contribution in [3.8, 4) is 0 Å². The number of primary amides is 1.